The lowest BCUT2D eigenvalue weighted by atomic mass is 9.84. The number of hydrogen-bond acceptors (Lipinski definition) is 5. The first-order chi connectivity index (χ1) is 22.5. The van der Waals surface area contributed by atoms with E-state index in [0.717, 1.165) is 72.4 Å². The quantitative estimate of drug-likeness (QED) is 0.105. The van der Waals surface area contributed by atoms with E-state index in [9.17, 15) is 10.0 Å². The molecule has 0 radical (unpaired) electrons. The number of nitrogens with one attached hydrogen (secondary N) is 1. The van der Waals surface area contributed by atoms with E-state index in [1.807, 2.05) is 47.4 Å². The third-order valence-corrected chi connectivity index (χ3v) is 9.06. The SMILES string of the molecule is CCCCNC(=O)N1CCC(c2cccc([C@H](Cc3ccccc3)c3ccc(-c4cc(Cl)ccc4-n4cnnn4)c[n+]3[O-])c2)CC1. The number of carbonyl (C=O) groups is 1. The van der Waals surface area contributed by atoms with Gasteiger partial charge in [0.2, 0.25) is 5.69 Å². The molecule has 1 fully saturated rings. The Labute approximate surface area is 274 Å². The maximum absolute atomic E-state index is 13.9. The van der Waals surface area contributed by atoms with Crippen molar-refractivity contribution >= 4 is 17.6 Å². The lowest BCUT2D eigenvalue weighted by molar-refractivity contribution is -0.614. The third-order valence-electron chi connectivity index (χ3n) is 8.82. The molecule has 5 aromatic rings. The van der Waals surface area contributed by atoms with Crippen molar-refractivity contribution in [2.24, 2.45) is 0 Å². The van der Waals surface area contributed by atoms with E-state index in [-0.39, 0.29) is 11.9 Å². The topological polar surface area (TPSA) is 103 Å². The Morgan fingerprint density at radius 1 is 1.04 bits per heavy atom. The van der Waals surface area contributed by atoms with E-state index in [2.05, 4.69) is 64.2 Å². The summed E-state index contributed by atoms with van der Waals surface area (Å²) in [5.41, 5.74) is 6.35. The highest BCUT2D eigenvalue weighted by Gasteiger charge is 2.27. The standard InChI is InChI=1S/C36H38ClN7O2/c1-2-3-18-38-36(45)42-19-16-27(17-20-42)28-10-7-11-29(22-28)32(21-26-8-5-4-6-9-26)35-14-12-30(24-44(35)46)33-23-31(37)13-15-34(33)43-25-39-40-41-43/h4-15,22-25,27,32H,2-3,16-21H2,1H3,(H,38,45)/t32-/m0/s1. The summed E-state index contributed by atoms with van der Waals surface area (Å²) in [6.07, 6.45) is 7.68. The number of pyridine rings is 1. The van der Waals surface area contributed by atoms with Gasteiger partial charge in [-0.05, 0) is 83.0 Å². The summed E-state index contributed by atoms with van der Waals surface area (Å²) >= 11 is 6.38. The molecule has 9 nitrogen and oxygen atoms in total. The van der Waals surface area contributed by atoms with Gasteiger partial charge in [0.25, 0.3) is 0 Å². The molecule has 1 saturated heterocycles. The number of unbranched alkanes of at least 4 members (excludes halogenated alkanes) is 1. The molecule has 0 aliphatic carbocycles. The van der Waals surface area contributed by atoms with Crippen LogP contribution in [0.3, 0.4) is 0 Å². The van der Waals surface area contributed by atoms with Crippen molar-refractivity contribution in [1.82, 2.24) is 30.4 Å². The Balaban J connectivity index is 1.28. The van der Waals surface area contributed by atoms with Gasteiger partial charge in [-0.15, -0.1) is 5.10 Å². The molecule has 0 spiro atoms. The lowest BCUT2D eigenvalue weighted by Gasteiger charge is -2.32. The summed E-state index contributed by atoms with van der Waals surface area (Å²) in [7, 11) is 0. The average Bonchev–Trinajstić information content (AvgIpc) is 3.63. The first-order valence-electron chi connectivity index (χ1n) is 15.9. The fourth-order valence-electron chi connectivity index (χ4n) is 6.30. The van der Waals surface area contributed by atoms with Crippen LogP contribution in [0.5, 0.6) is 0 Å². The molecule has 0 saturated carbocycles. The molecule has 1 aliphatic rings. The monoisotopic (exact) mass is 635 g/mol. The van der Waals surface area contributed by atoms with Crippen LogP contribution in [-0.4, -0.2) is 50.8 Å². The highest BCUT2D eigenvalue weighted by atomic mass is 35.5. The molecule has 2 aromatic heterocycles. The molecule has 3 aromatic carbocycles. The van der Waals surface area contributed by atoms with Gasteiger partial charge in [-0.1, -0.05) is 79.5 Å². The van der Waals surface area contributed by atoms with Crippen molar-refractivity contribution in [3.05, 3.63) is 130 Å². The Morgan fingerprint density at radius 3 is 2.61 bits per heavy atom. The van der Waals surface area contributed by atoms with Crippen LogP contribution < -0.4 is 10.0 Å². The second-order valence-electron chi connectivity index (χ2n) is 11.8. The number of nitrogens with zero attached hydrogens (tertiary/aromatic N) is 6. The minimum absolute atomic E-state index is 0.0369. The lowest BCUT2D eigenvalue weighted by Crippen LogP contribution is -2.44. The van der Waals surface area contributed by atoms with Crippen molar-refractivity contribution in [3.8, 4) is 16.8 Å². The number of amides is 2. The van der Waals surface area contributed by atoms with Crippen molar-refractivity contribution in [3.63, 3.8) is 0 Å². The molecule has 1 atom stereocenters. The predicted molar refractivity (Wildman–Crippen MR) is 179 cm³/mol. The third kappa shape index (κ3) is 7.21. The van der Waals surface area contributed by atoms with Crippen LogP contribution in [0.15, 0.2) is 97.5 Å². The Bertz CT molecular complexity index is 1760. The van der Waals surface area contributed by atoms with Gasteiger partial charge in [-0.3, -0.25) is 0 Å². The number of urea groups is 1. The molecule has 10 heteroatoms. The van der Waals surface area contributed by atoms with E-state index in [4.69, 9.17) is 11.6 Å². The predicted octanol–water partition coefficient (Wildman–Crippen LogP) is 6.68. The number of carbonyl (C=O) groups excluding carboxylic acids is 1. The molecule has 1 aliphatic heterocycles. The fourth-order valence-corrected chi connectivity index (χ4v) is 6.48. The van der Waals surface area contributed by atoms with Crippen LogP contribution in [-0.2, 0) is 6.42 Å². The Morgan fingerprint density at radius 2 is 1.87 bits per heavy atom. The van der Waals surface area contributed by atoms with Crippen LogP contribution in [0, 0.1) is 5.21 Å². The van der Waals surface area contributed by atoms with Crippen molar-refractivity contribution in [2.45, 2.75) is 50.9 Å². The first-order valence-corrected chi connectivity index (χ1v) is 16.3. The van der Waals surface area contributed by atoms with Gasteiger partial charge in [0.05, 0.1) is 11.6 Å². The molecule has 46 heavy (non-hydrogen) atoms. The number of aromatic nitrogens is 5. The van der Waals surface area contributed by atoms with Crippen LogP contribution in [0.2, 0.25) is 5.02 Å². The van der Waals surface area contributed by atoms with Crippen LogP contribution in [0.25, 0.3) is 16.8 Å². The summed E-state index contributed by atoms with van der Waals surface area (Å²) in [6.45, 7) is 4.31. The maximum Gasteiger partial charge on any atom is 0.317 e. The van der Waals surface area contributed by atoms with Gasteiger partial charge in [-0.25, -0.2) is 4.79 Å². The number of likely N-dealkylation sites (tertiary alicyclic amines) is 1. The summed E-state index contributed by atoms with van der Waals surface area (Å²) in [5, 5.41) is 29.0. The molecule has 1 N–H and O–H groups in total. The molecule has 6 rings (SSSR count). The number of tetrazole rings is 1. The highest BCUT2D eigenvalue weighted by molar-refractivity contribution is 6.31. The maximum atomic E-state index is 13.9. The molecular weight excluding hydrogens is 598 g/mol. The van der Waals surface area contributed by atoms with Gasteiger partial charge in [-0.2, -0.15) is 9.41 Å². The normalized spacial score (nSPS) is 14.3. The second kappa shape index (κ2) is 14.6. The summed E-state index contributed by atoms with van der Waals surface area (Å²) in [4.78, 5) is 14.5. The Kier molecular flexibility index (Phi) is 9.88. The van der Waals surface area contributed by atoms with Gasteiger partial charge in [0, 0.05) is 41.9 Å². The molecule has 0 bridgehead atoms. The number of halogens is 1. The van der Waals surface area contributed by atoms with E-state index in [0.29, 0.717) is 28.6 Å². The first kappa shape index (κ1) is 31.2. The Hall–Kier alpha value is -4.76. The van der Waals surface area contributed by atoms with Gasteiger partial charge >= 0.3 is 6.03 Å². The van der Waals surface area contributed by atoms with E-state index >= 15 is 0 Å². The minimum atomic E-state index is -0.170. The molecule has 3 heterocycles. The van der Waals surface area contributed by atoms with E-state index in [1.165, 1.54) is 11.9 Å². The largest absolute Gasteiger partial charge is 0.618 e. The van der Waals surface area contributed by atoms with Crippen molar-refractivity contribution in [1.29, 1.82) is 0 Å². The molecule has 236 valence electrons. The average molecular weight is 636 g/mol. The van der Waals surface area contributed by atoms with Crippen molar-refractivity contribution < 1.29 is 9.52 Å². The number of piperidine rings is 1. The fraction of sp³-hybridized carbons (Fsp3) is 0.306. The smallest absolute Gasteiger partial charge is 0.317 e. The van der Waals surface area contributed by atoms with Gasteiger partial charge < -0.3 is 15.4 Å². The zero-order valence-corrected chi connectivity index (χ0v) is 26.7. The highest BCUT2D eigenvalue weighted by Crippen LogP contribution is 2.34. The van der Waals surface area contributed by atoms with E-state index < -0.39 is 0 Å². The molecule has 2 amide bonds. The van der Waals surface area contributed by atoms with Crippen LogP contribution in [0.1, 0.15) is 66.8 Å². The number of rotatable bonds is 10. The second-order valence-corrected chi connectivity index (χ2v) is 12.3. The zero-order chi connectivity index (χ0) is 31.9. The van der Waals surface area contributed by atoms with Gasteiger partial charge in [0.1, 0.15) is 6.33 Å². The summed E-state index contributed by atoms with van der Waals surface area (Å²) < 4.78 is 2.54. The number of hydrogen-bond donors (Lipinski definition) is 1. The van der Waals surface area contributed by atoms with Crippen molar-refractivity contribution in [2.75, 3.05) is 19.6 Å². The van der Waals surface area contributed by atoms with Crippen LogP contribution >= 0.6 is 11.6 Å². The summed E-state index contributed by atoms with van der Waals surface area (Å²) in [6, 6.07) is 28.3. The molecule has 0 unspecified atom stereocenters. The van der Waals surface area contributed by atoms with Crippen LogP contribution in [0.4, 0.5) is 4.79 Å². The minimum Gasteiger partial charge on any atom is -0.618 e. The molecular formula is C36H38ClN7O2. The number of benzene rings is 3. The van der Waals surface area contributed by atoms with Gasteiger partial charge in [0.15, 0.2) is 6.20 Å². The zero-order valence-electron chi connectivity index (χ0n) is 25.9. The summed E-state index contributed by atoms with van der Waals surface area (Å²) in [5.74, 6) is 0.183. The van der Waals surface area contributed by atoms with E-state index in [1.54, 1.807) is 16.9 Å².